The van der Waals surface area contributed by atoms with Crippen molar-refractivity contribution in [1.29, 1.82) is 0 Å². The van der Waals surface area contributed by atoms with Crippen molar-refractivity contribution in [3.05, 3.63) is 58.6 Å². The monoisotopic (exact) mass is 392 g/mol. The van der Waals surface area contributed by atoms with E-state index in [9.17, 15) is 26.4 Å². The van der Waals surface area contributed by atoms with Gasteiger partial charge in [-0.2, -0.15) is 13.2 Å². The van der Waals surface area contributed by atoms with Crippen LogP contribution < -0.4 is 10.0 Å². The van der Waals surface area contributed by atoms with Crippen LogP contribution in [0.1, 0.15) is 11.1 Å². The highest BCUT2D eigenvalue weighted by atomic mass is 35.5. The molecule has 0 fully saturated rings. The molecule has 0 spiro atoms. The summed E-state index contributed by atoms with van der Waals surface area (Å²) in [4.78, 5) is 11.7. The minimum atomic E-state index is -4.63. The zero-order valence-electron chi connectivity index (χ0n) is 12.7. The van der Waals surface area contributed by atoms with Gasteiger partial charge < -0.3 is 5.32 Å². The lowest BCUT2D eigenvalue weighted by molar-refractivity contribution is -0.137. The number of rotatable bonds is 3. The van der Waals surface area contributed by atoms with Gasteiger partial charge in [0.05, 0.1) is 21.2 Å². The van der Waals surface area contributed by atoms with Gasteiger partial charge in [-0.15, -0.1) is 0 Å². The number of sulfonamides is 1. The Bertz CT molecular complexity index is 897. The second kappa shape index (κ2) is 6.93. The van der Waals surface area contributed by atoms with E-state index in [2.05, 4.69) is 0 Å². The van der Waals surface area contributed by atoms with Crippen molar-refractivity contribution in [2.75, 3.05) is 5.32 Å². The van der Waals surface area contributed by atoms with E-state index in [0.29, 0.717) is 6.07 Å². The number of alkyl halides is 3. The summed E-state index contributed by atoms with van der Waals surface area (Å²) in [6, 6.07) is 6.74. The standard InChI is InChI=1S/C15H12ClF3N2O3S/c1-9-2-5-11(6-3-9)25(23,24)21-14(22)20-13-8-10(15(17,18)19)4-7-12(13)16/h2-8H,1H3,(H2,20,21,22). The first-order valence-electron chi connectivity index (χ1n) is 6.76. The van der Waals surface area contributed by atoms with Crippen molar-refractivity contribution in [2.24, 2.45) is 0 Å². The number of hydrogen-bond acceptors (Lipinski definition) is 3. The first-order valence-corrected chi connectivity index (χ1v) is 8.62. The van der Waals surface area contributed by atoms with Gasteiger partial charge in [0, 0.05) is 0 Å². The SMILES string of the molecule is Cc1ccc(S(=O)(=O)NC(=O)Nc2cc(C(F)(F)F)ccc2Cl)cc1. The van der Waals surface area contributed by atoms with E-state index in [1.807, 2.05) is 5.32 Å². The molecule has 0 bridgehead atoms. The third-order valence-corrected chi connectivity index (χ3v) is 4.78. The van der Waals surface area contributed by atoms with Gasteiger partial charge in [-0.3, -0.25) is 0 Å². The highest BCUT2D eigenvalue weighted by Gasteiger charge is 2.31. The molecule has 0 heterocycles. The molecule has 134 valence electrons. The normalized spacial score (nSPS) is 11.9. The van der Waals surface area contributed by atoms with E-state index in [1.54, 1.807) is 11.6 Å². The van der Waals surface area contributed by atoms with Gasteiger partial charge in [-0.25, -0.2) is 17.9 Å². The van der Waals surface area contributed by atoms with Gasteiger partial charge in [0.2, 0.25) is 0 Å². The predicted molar refractivity (Wildman–Crippen MR) is 87.0 cm³/mol. The van der Waals surface area contributed by atoms with E-state index in [0.717, 1.165) is 17.7 Å². The third kappa shape index (κ3) is 4.86. The summed E-state index contributed by atoms with van der Waals surface area (Å²) >= 11 is 5.74. The molecular formula is C15H12ClF3N2O3S. The number of halogens is 4. The number of anilines is 1. The Kier molecular flexibility index (Phi) is 5.28. The highest BCUT2D eigenvalue weighted by molar-refractivity contribution is 7.90. The number of urea groups is 1. The van der Waals surface area contributed by atoms with Crippen LogP contribution in [0.5, 0.6) is 0 Å². The number of amides is 2. The first kappa shape index (κ1) is 19.1. The average molecular weight is 393 g/mol. The number of aryl methyl sites for hydroxylation is 1. The van der Waals surface area contributed by atoms with Gasteiger partial charge in [-0.05, 0) is 37.3 Å². The van der Waals surface area contributed by atoms with Crippen LogP contribution in [0.25, 0.3) is 0 Å². The molecule has 0 saturated heterocycles. The van der Waals surface area contributed by atoms with Crippen LogP contribution >= 0.6 is 11.6 Å². The molecule has 2 N–H and O–H groups in total. The summed E-state index contributed by atoms with van der Waals surface area (Å²) in [5.41, 5.74) is -0.583. The lowest BCUT2D eigenvalue weighted by Crippen LogP contribution is -2.34. The second-order valence-electron chi connectivity index (χ2n) is 5.07. The van der Waals surface area contributed by atoms with E-state index in [4.69, 9.17) is 11.6 Å². The number of benzene rings is 2. The Morgan fingerprint density at radius 1 is 1.08 bits per heavy atom. The van der Waals surface area contributed by atoms with Gasteiger partial charge in [0.15, 0.2) is 0 Å². The molecule has 0 saturated carbocycles. The van der Waals surface area contributed by atoms with Crippen molar-refractivity contribution in [3.63, 3.8) is 0 Å². The van der Waals surface area contributed by atoms with Crippen LogP contribution in [0.2, 0.25) is 5.02 Å². The van der Waals surface area contributed by atoms with Gasteiger partial charge in [0.1, 0.15) is 0 Å². The fourth-order valence-corrected chi connectivity index (χ4v) is 2.92. The average Bonchev–Trinajstić information content (AvgIpc) is 2.48. The number of nitrogens with one attached hydrogen (secondary N) is 2. The Hall–Kier alpha value is -2.26. The third-order valence-electron chi connectivity index (χ3n) is 3.10. The second-order valence-corrected chi connectivity index (χ2v) is 7.15. The van der Waals surface area contributed by atoms with Crippen LogP contribution in [-0.2, 0) is 16.2 Å². The van der Waals surface area contributed by atoms with Crippen LogP contribution in [0, 0.1) is 6.92 Å². The maximum Gasteiger partial charge on any atom is 0.416 e. The summed E-state index contributed by atoms with van der Waals surface area (Å²) in [6.45, 7) is 1.76. The van der Waals surface area contributed by atoms with Gasteiger partial charge in [-0.1, -0.05) is 29.3 Å². The Morgan fingerprint density at radius 2 is 1.68 bits per heavy atom. The van der Waals surface area contributed by atoms with Gasteiger partial charge >= 0.3 is 12.2 Å². The van der Waals surface area contributed by atoms with Crippen LogP contribution in [0.15, 0.2) is 47.4 Å². The molecule has 10 heteroatoms. The molecule has 25 heavy (non-hydrogen) atoms. The first-order chi connectivity index (χ1) is 11.5. The van der Waals surface area contributed by atoms with Crippen LogP contribution in [-0.4, -0.2) is 14.4 Å². The summed E-state index contributed by atoms with van der Waals surface area (Å²) < 4.78 is 63.9. The Balaban J connectivity index is 2.19. The number of carbonyl (C=O) groups excluding carboxylic acids is 1. The molecule has 0 atom stereocenters. The van der Waals surface area contributed by atoms with Crippen molar-refractivity contribution in [2.45, 2.75) is 18.0 Å². The summed E-state index contributed by atoms with van der Waals surface area (Å²) in [6.07, 6.45) is -4.63. The molecular weight excluding hydrogens is 381 g/mol. The molecule has 2 aromatic carbocycles. The summed E-state index contributed by atoms with van der Waals surface area (Å²) in [7, 11) is -4.18. The zero-order valence-corrected chi connectivity index (χ0v) is 14.3. The van der Waals surface area contributed by atoms with Crippen molar-refractivity contribution < 1.29 is 26.4 Å². The minimum absolute atomic E-state index is 0.164. The molecule has 5 nitrogen and oxygen atoms in total. The molecule has 0 aliphatic rings. The molecule has 2 amide bonds. The van der Waals surface area contributed by atoms with E-state index < -0.39 is 27.8 Å². The van der Waals surface area contributed by atoms with Crippen molar-refractivity contribution in [3.8, 4) is 0 Å². The van der Waals surface area contributed by atoms with E-state index >= 15 is 0 Å². The molecule has 2 rings (SSSR count). The predicted octanol–water partition coefficient (Wildman–Crippen LogP) is 4.18. The quantitative estimate of drug-likeness (QED) is 0.822. The number of hydrogen-bond donors (Lipinski definition) is 2. The van der Waals surface area contributed by atoms with Crippen LogP contribution in [0.3, 0.4) is 0 Å². The summed E-state index contributed by atoms with van der Waals surface area (Å²) in [5, 5.41) is 1.83. The molecule has 0 unspecified atom stereocenters. The maximum atomic E-state index is 12.7. The number of carbonyl (C=O) groups is 1. The molecule has 0 radical (unpaired) electrons. The zero-order chi connectivity index (χ0) is 18.8. The van der Waals surface area contributed by atoms with E-state index in [1.165, 1.54) is 24.3 Å². The molecule has 2 aromatic rings. The van der Waals surface area contributed by atoms with E-state index in [-0.39, 0.29) is 15.6 Å². The Morgan fingerprint density at radius 3 is 2.24 bits per heavy atom. The lowest BCUT2D eigenvalue weighted by Gasteiger charge is -2.12. The molecule has 0 aliphatic carbocycles. The maximum absolute atomic E-state index is 12.7. The van der Waals surface area contributed by atoms with Crippen molar-refractivity contribution in [1.82, 2.24) is 4.72 Å². The topological polar surface area (TPSA) is 75.3 Å². The highest BCUT2D eigenvalue weighted by Crippen LogP contribution is 2.33. The minimum Gasteiger partial charge on any atom is -0.306 e. The van der Waals surface area contributed by atoms with Crippen molar-refractivity contribution >= 4 is 33.3 Å². The largest absolute Gasteiger partial charge is 0.416 e. The Labute approximate surface area is 146 Å². The smallest absolute Gasteiger partial charge is 0.306 e. The molecule has 0 aliphatic heterocycles. The fourth-order valence-electron chi connectivity index (χ4n) is 1.84. The fraction of sp³-hybridized carbons (Fsp3) is 0.133. The lowest BCUT2D eigenvalue weighted by atomic mass is 10.2. The van der Waals surface area contributed by atoms with Gasteiger partial charge in [0.25, 0.3) is 10.0 Å². The van der Waals surface area contributed by atoms with Crippen LogP contribution in [0.4, 0.5) is 23.7 Å². The molecule has 0 aromatic heterocycles. The summed E-state index contributed by atoms with van der Waals surface area (Å²) in [5.74, 6) is 0.